The van der Waals surface area contributed by atoms with Crippen molar-refractivity contribution >= 4 is 32.2 Å². The quantitative estimate of drug-likeness (QED) is 0.276. The van der Waals surface area contributed by atoms with Crippen LogP contribution in [0.5, 0.6) is 0 Å². The van der Waals surface area contributed by atoms with Crippen molar-refractivity contribution in [2.45, 2.75) is 17.6 Å². The van der Waals surface area contributed by atoms with Crippen molar-refractivity contribution in [3.05, 3.63) is 108 Å². The Balaban J connectivity index is 1.53. The van der Waals surface area contributed by atoms with Crippen LogP contribution in [-0.2, 0) is 15.6 Å². The monoisotopic (exact) mass is 503 g/mol. The molecule has 0 atom stereocenters. The van der Waals surface area contributed by atoms with Crippen LogP contribution in [0.15, 0.2) is 90.3 Å². The first-order valence-corrected chi connectivity index (χ1v) is 12.8. The molecule has 5 nitrogen and oxygen atoms in total. The van der Waals surface area contributed by atoms with Crippen LogP contribution < -0.4 is 0 Å². The van der Waals surface area contributed by atoms with E-state index in [-0.39, 0.29) is 10.6 Å². The Morgan fingerprint density at radius 1 is 0.886 bits per heavy atom. The fourth-order valence-corrected chi connectivity index (χ4v) is 5.61. The minimum absolute atomic E-state index is 0.205. The number of rotatable bonds is 5. The van der Waals surface area contributed by atoms with Crippen molar-refractivity contribution in [3.8, 4) is 22.4 Å². The summed E-state index contributed by atoms with van der Waals surface area (Å²) in [5.41, 5.74) is 4.55. The highest BCUT2D eigenvalue weighted by molar-refractivity contribution is 7.90. The van der Waals surface area contributed by atoms with Crippen molar-refractivity contribution in [3.63, 3.8) is 0 Å². The maximum atomic E-state index is 13.8. The summed E-state index contributed by atoms with van der Waals surface area (Å²) in [5, 5.41) is 1.93. The standard InChI is InChI=1S/C27H19ClFN3O2S/c1-17-10-18(20-11-21(28)14-22(29)12-20)2-4-25(17)27-26-5-3-24(13-19(26)6-9-31-27)35(33,34)15-23-7-8-30-16-32-23/h2-14,16H,15H2,1H3. The number of pyridine rings is 1. The minimum atomic E-state index is -3.59. The van der Waals surface area contributed by atoms with Gasteiger partial charge in [-0.25, -0.2) is 22.8 Å². The van der Waals surface area contributed by atoms with Crippen LogP contribution in [0.25, 0.3) is 33.2 Å². The molecule has 2 aromatic heterocycles. The highest BCUT2D eigenvalue weighted by Gasteiger charge is 2.18. The molecule has 0 radical (unpaired) electrons. The van der Waals surface area contributed by atoms with E-state index in [9.17, 15) is 12.8 Å². The van der Waals surface area contributed by atoms with E-state index in [0.717, 1.165) is 33.2 Å². The number of fused-ring (bicyclic) bond motifs is 1. The van der Waals surface area contributed by atoms with Crippen molar-refractivity contribution in [1.29, 1.82) is 0 Å². The SMILES string of the molecule is Cc1cc(-c2cc(F)cc(Cl)c2)ccc1-c1nccc2cc(S(=O)(=O)Cc3ccncn3)ccc12. The molecular weight excluding hydrogens is 485 g/mol. The molecule has 0 saturated carbocycles. The first-order chi connectivity index (χ1) is 16.8. The zero-order valence-corrected chi connectivity index (χ0v) is 20.2. The lowest BCUT2D eigenvalue weighted by molar-refractivity contribution is 0.594. The summed E-state index contributed by atoms with van der Waals surface area (Å²) in [6, 6.07) is 18.7. The van der Waals surface area contributed by atoms with Crippen molar-refractivity contribution in [1.82, 2.24) is 15.0 Å². The zero-order valence-electron chi connectivity index (χ0n) is 18.6. The summed E-state index contributed by atoms with van der Waals surface area (Å²) in [7, 11) is -3.59. The second-order valence-corrected chi connectivity index (χ2v) is 10.6. The van der Waals surface area contributed by atoms with E-state index in [4.69, 9.17) is 11.6 Å². The zero-order chi connectivity index (χ0) is 24.6. The van der Waals surface area contributed by atoms with Crippen molar-refractivity contribution in [2.75, 3.05) is 0 Å². The normalized spacial score (nSPS) is 11.6. The Bertz CT molecular complexity index is 1660. The van der Waals surface area contributed by atoms with E-state index >= 15 is 0 Å². The Morgan fingerprint density at radius 2 is 1.74 bits per heavy atom. The first kappa shape index (κ1) is 23.1. The van der Waals surface area contributed by atoms with Crippen LogP contribution in [0.3, 0.4) is 0 Å². The van der Waals surface area contributed by atoms with E-state index < -0.39 is 15.7 Å². The minimum Gasteiger partial charge on any atom is -0.256 e. The van der Waals surface area contributed by atoms with Gasteiger partial charge < -0.3 is 0 Å². The molecule has 0 aliphatic heterocycles. The van der Waals surface area contributed by atoms with E-state index in [1.165, 1.54) is 24.7 Å². The summed E-state index contributed by atoms with van der Waals surface area (Å²) in [6.45, 7) is 1.96. The highest BCUT2D eigenvalue weighted by atomic mass is 35.5. The highest BCUT2D eigenvalue weighted by Crippen LogP contribution is 2.33. The topological polar surface area (TPSA) is 72.8 Å². The van der Waals surface area contributed by atoms with Gasteiger partial charge in [0.05, 0.1) is 22.0 Å². The largest absolute Gasteiger partial charge is 0.256 e. The molecule has 0 saturated heterocycles. The number of benzene rings is 3. The molecule has 5 aromatic rings. The number of nitrogens with zero attached hydrogens (tertiary/aromatic N) is 3. The van der Waals surface area contributed by atoms with Gasteiger partial charge in [-0.05, 0) is 71.5 Å². The van der Waals surface area contributed by atoms with E-state index in [2.05, 4.69) is 15.0 Å². The number of aromatic nitrogens is 3. The van der Waals surface area contributed by atoms with Gasteiger partial charge in [-0.1, -0.05) is 35.9 Å². The Kier molecular flexibility index (Phi) is 6.05. The molecule has 0 aliphatic carbocycles. The summed E-state index contributed by atoms with van der Waals surface area (Å²) in [6.07, 6.45) is 4.52. The molecule has 3 aromatic carbocycles. The predicted molar refractivity (Wildman–Crippen MR) is 135 cm³/mol. The van der Waals surface area contributed by atoms with E-state index in [1.54, 1.807) is 42.6 Å². The molecule has 2 heterocycles. The molecule has 0 fully saturated rings. The number of halogens is 2. The molecule has 174 valence electrons. The van der Waals surface area contributed by atoms with Crippen molar-refractivity contribution in [2.24, 2.45) is 0 Å². The van der Waals surface area contributed by atoms with Gasteiger partial charge in [0.1, 0.15) is 12.1 Å². The van der Waals surface area contributed by atoms with Gasteiger partial charge in [-0.2, -0.15) is 0 Å². The molecule has 0 unspecified atom stereocenters. The molecule has 35 heavy (non-hydrogen) atoms. The second-order valence-electron chi connectivity index (χ2n) is 8.19. The van der Waals surface area contributed by atoms with Crippen LogP contribution in [0.2, 0.25) is 5.02 Å². The fourth-order valence-electron chi connectivity index (χ4n) is 4.08. The number of sulfone groups is 1. The molecule has 5 rings (SSSR count). The van der Waals surface area contributed by atoms with Crippen LogP contribution in [-0.4, -0.2) is 23.4 Å². The van der Waals surface area contributed by atoms with Crippen LogP contribution in [0, 0.1) is 12.7 Å². The first-order valence-electron chi connectivity index (χ1n) is 10.7. The summed E-state index contributed by atoms with van der Waals surface area (Å²) >= 11 is 6.02. The third-order valence-electron chi connectivity index (χ3n) is 5.75. The molecule has 0 spiro atoms. The fraction of sp³-hybridized carbons (Fsp3) is 0.0741. The summed E-state index contributed by atoms with van der Waals surface area (Å²) in [4.78, 5) is 12.7. The van der Waals surface area contributed by atoms with Crippen LogP contribution >= 0.6 is 11.6 Å². The van der Waals surface area contributed by atoms with E-state index in [0.29, 0.717) is 16.3 Å². The molecule has 0 aliphatic rings. The summed E-state index contributed by atoms with van der Waals surface area (Å²) in [5.74, 6) is -0.598. The number of aryl methyl sites for hydroxylation is 1. The third kappa shape index (κ3) is 4.78. The van der Waals surface area contributed by atoms with Gasteiger partial charge >= 0.3 is 0 Å². The molecule has 0 amide bonds. The Labute approximate surface area is 207 Å². The lowest BCUT2D eigenvalue weighted by Crippen LogP contribution is -2.06. The van der Waals surface area contributed by atoms with Crippen LogP contribution in [0.1, 0.15) is 11.3 Å². The maximum absolute atomic E-state index is 13.8. The van der Waals surface area contributed by atoms with Gasteiger partial charge in [0, 0.05) is 28.4 Å². The van der Waals surface area contributed by atoms with Gasteiger partial charge in [0.15, 0.2) is 9.84 Å². The molecule has 0 N–H and O–H groups in total. The average molecular weight is 504 g/mol. The smallest absolute Gasteiger partial charge is 0.184 e. The molecular formula is C27H19ClFN3O2S. The van der Waals surface area contributed by atoms with Crippen LogP contribution in [0.4, 0.5) is 4.39 Å². The lowest BCUT2D eigenvalue weighted by atomic mass is 9.96. The second kappa shape index (κ2) is 9.17. The third-order valence-corrected chi connectivity index (χ3v) is 7.62. The molecule has 8 heteroatoms. The Hall–Kier alpha value is -3.68. The predicted octanol–water partition coefficient (Wildman–Crippen LogP) is 6.43. The average Bonchev–Trinajstić information content (AvgIpc) is 2.83. The van der Waals surface area contributed by atoms with Crippen molar-refractivity contribution < 1.29 is 12.8 Å². The van der Waals surface area contributed by atoms with Gasteiger partial charge in [0.2, 0.25) is 0 Å². The van der Waals surface area contributed by atoms with E-state index in [1.807, 2.05) is 25.1 Å². The van der Waals surface area contributed by atoms with Gasteiger partial charge in [-0.3, -0.25) is 4.98 Å². The lowest BCUT2D eigenvalue weighted by Gasteiger charge is -2.12. The Morgan fingerprint density at radius 3 is 2.49 bits per heavy atom. The molecule has 0 bridgehead atoms. The van der Waals surface area contributed by atoms with Gasteiger partial charge in [-0.15, -0.1) is 0 Å². The number of hydrogen-bond acceptors (Lipinski definition) is 5. The maximum Gasteiger partial charge on any atom is 0.184 e. The summed E-state index contributed by atoms with van der Waals surface area (Å²) < 4.78 is 39.8. The van der Waals surface area contributed by atoms with Gasteiger partial charge in [0.25, 0.3) is 0 Å². The number of hydrogen-bond donors (Lipinski definition) is 0.